The summed E-state index contributed by atoms with van der Waals surface area (Å²) in [7, 11) is 0. The van der Waals surface area contributed by atoms with Crippen LogP contribution >= 0.6 is 0 Å². The molecule has 3 rings (SSSR count). The maximum absolute atomic E-state index is 12.8. The first kappa shape index (κ1) is 38.7. The lowest BCUT2D eigenvalue weighted by Gasteiger charge is -2.49. The Morgan fingerprint density at radius 1 is 0.553 bits per heavy atom. The lowest BCUT2D eigenvalue weighted by Crippen LogP contribution is -2.61. The molecule has 0 heterocycles. The van der Waals surface area contributed by atoms with E-state index in [1.54, 1.807) is 0 Å². The molecule has 0 spiro atoms. The van der Waals surface area contributed by atoms with E-state index in [0.717, 1.165) is 48.8 Å². The van der Waals surface area contributed by atoms with Crippen LogP contribution in [0.5, 0.6) is 0 Å². The molecule has 0 bridgehead atoms. The lowest BCUT2D eigenvalue weighted by molar-refractivity contribution is -0.166. The zero-order valence-corrected chi connectivity index (χ0v) is 29.4. The highest BCUT2D eigenvalue weighted by Crippen LogP contribution is 2.47. The van der Waals surface area contributed by atoms with Crippen LogP contribution < -0.4 is 0 Å². The van der Waals surface area contributed by atoms with E-state index in [9.17, 15) is 15.3 Å². The van der Waals surface area contributed by atoms with Gasteiger partial charge in [0.15, 0.2) is 0 Å². The average Bonchev–Trinajstić information content (AvgIpc) is 3.11. The molecule has 0 saturated carbocycles. The number of aliphatic hydroxyl groups is 3. The van der Waals surface area contributed by atoms with Crippen molar-refractivity contribution in [3.8, 4) is 0 Å². The number of hydrogen-bond acceptors (Lipinski definition) is 3. The molecule has 0 aliphatic heterocycles. The van der Waals surface area contributed by atoms with Crippen LogP contribution in [0.3, 0.4) is 0 Å². The Morgan fingerprint density at radius 3 is 1.32 bits per heavy atom. The first-order chi connectivity index (χ1) is 23.0. The van der Waals surface area contributed by atoms with Gasteiger partial charge in [0.1, 0.15) is 11.7 Å². The molecule has 3 atom stereocenters. The maximum Gasteiger partial charge on any atom is 0.118 e. The van der Waals surface area contributed by atoms with E-state index >= 15 is 0 Å². The van der Waals surface area contributed by atoms with Gasteiger partial charge in [0, 0.05) is 0 Å². The summed E-state index contributed by atoms with van der Waals surface area (Å²) in [5.41, 5.74) is -0.151. The van der Waals surface area contributed by atoms with Crippen molar-refractivity contribution < 1.29 is 15.3 Å². The van der Waals surface area contributed by atoms with Crippen LogP contribution in [0, 0.1) is 0 Å². The predicted molar refractivity (Wildman–Crippen MR) is 200 cm³/mol. The van der Waals surface area contributed by atoms with Gasteiger partial charge >= 0.3 is 0 Å². The highest BCUT2D eigenvalue weighted by atomic mass is 16.4. The highest BCUT2D eigenvalue weighted by molar-refractivity contribution is 5.53. The van der Waals surface area contributed by atoms with Crippen molar-refractivity contribution in [1.82, 2.24) is 0 Å². The molecule has 3 N–H and O–H groups in total. The Bertz CT molecular complexity index is 1100. The third-order valence-corrected chi connectivity index (χ3v) is 10.2. The van der Waals surface area contributed by atoms with Gasteiger partial charge in [-0.15, -0.1) is 6.58 Å². The number of aliphatic hydroxyl groups excluding tert-OH is 2. The van der Waals surface area contributed by atoms with Gasteiger partial charge in [0.05, 0.1) is 11.5 Å². The number of unbranched alkanes of at least 4 members (excludes halogenated alkanes) is 15. The third-order valence-electron chi connectivity index (χ3n) is 10.2. The zero-order chi connectivity index (χ0) is 33.6. The van der Waals surface area contributed by atoms with Crippen LogP contribution in [-0.4, -0.2) is 33.1 Å². The van der Waals surface area contributed by atoms with Crippen molar-refractivity contribution in [2.45, 2.75) is 152 Å². The number of hydrogen-bond donors (Lipinski definition) is 3. The number of benzene rings is 3. The fraction of sp³-hybridized carbons (Fsp3) is 0.545. The Morgan fingerprint density at radius 2 is 0.936 bits per heavy atom. The van der Waals surface area contributed by atoms with Gasteiger partial charge in [0.2, 0.25) is 0 Å². The van der Waals surface area contributed by atoms with Gasteiger partial charge in [-0.2, -0.15) is 0 Å². The summed E-state index contributed by atoms with van der Waals surface area (Å²) in [5.74, 6) is 0. The van der Waals surface area contributed by atoms with Crippen LogP contribution in [0.2, 0.25) is 0 Å². The molecule has 3 aromatic carbocycles. The maximum atomic E-state index is 12.8. The monoisotopic (exact) mass is 640 g/mol. The van der Waals surface area contributed by atoms with Crippen LogP contribution in [0.4, 0.5) is 0 Å². The summed E-state index contributed by atoms with van der Waals surface area (Å²) in [5, 5.41) is 37.3. The van der Waals surface area contributed by atoms with Crippen LogP contribution in [0.1, 0.15) is 146 Å². The van der Waals surface area contributed by atoms with Crippen molar-refractivity contribution in [1.29, 1.82) is 0 Å². The number of allylic oxidation sites excluding steroid dienone is 1. The van der Waals surface area contributed by atoms with Crippen LogP contribution in [0.25, 0.3) is 0 Å². The molecule has 3 nitrogen and oxygen atoms in total. The largest absolute Gasteiger partial charge is 0.390 e. The molecule has 0 aliphatic rings. The first-order valence-electron chi connectivity index (χ1n) is 18.9. The van der Waals surface area contributed by atoms with Crippen LogP contribution in [0.15, 0.2) is 104 Å². The minimum atomic E-state index is -1.72. The van der Waals surface area contributed by atoms with E-state index in [2.05, 4.69) is 13.5 Å². The summed E-state index contributed by atoms with van der Waals surface area (Å²) in [6.07, 6.45) is 20.4. The molecule has 3 unspecified atom stereocenters. The van der Waals surface area contributed by atoms with Gasteiger partial charge < -0.3 is 15.3 Å². The Balaban J connectivity index is 1.72. The Labute approximate surface area is 287 Å². The van der Waals surface area contributed by atoms with E-state index in [-0.39, 0.29) is 0 Å². The molecular weight excluding hydrogens is 576 g/mol. The van der Waals surface area contributed by atoms with E-state index < -0.39 is 23.2 Å². The zero-order valence-electron chi connectivity index (χ0n) is 29.4. The standard InChI is InChI=1S/C44H64O3/c1-3-5-7-9-10-11-12-13-14-15-16-17-18-28-36-41(45)43(47,37-29-8-6-4-2)42(46)44(38-30-22-19-23-31-38,39-32-24-20-25-33-39)40-34-26-21-27-35-40/h4,19-27,30-35,41-42,45-47H,2-3,5-18,28-29,36-37H2,1H3. The van der Waals surface area contributed by atoms with Crippen molar-refractivity contribution in [3.63, 3.8) is 0 Å². The second-order valence-corrected chi connectivity index (χ2v) is 13.7. The molecule has 0 fully saturated rings. The lowest BCUT2D eigenvalue weighted by atomic mass is 9.60. The Hall–Kier alpha value is -2.72. The highest BCUT2D eigenvalue weighted by Gasteiger charge is 2.55. The fourth-order valence-corrected chi connectivity index (χ4v) is 7.42. The van der Waals surface area contributed by atoms with Crippen molar-refractivity contribution in [2.24, 2.45) is 0 Å². The molecule has 0 saturated heterocycles. The van der Waals surface area contributed by atoms with Crippen molar-refractivity contribution >= 4 is 0 Å². The first-order valence-corrected chi connectivity index (χ1v) is 18.9. The normalized spacial score (nSPS) is 14.4. The summed E-state index contributed by atoms with van der Waals surface area (Å²) >= 11 is 0. The van der Waals surface area contributed by atoms with Crippen molar-refractivity contribution in [2.75, 3.05) is 0 Å². The van der Waals surface area contributed by atoms with Gasteiger partial charge in [-0.05, 0) is 42.4 Å². The molecule has 0 radical (unpaired) electrons. The quantitative estimate of drug-likeness (QED) is 0.0465. The summed E-state index contributed by atoms with van der Waals surface area (Å²) in [6.45, 7) is 6.14. The molecule has 0 amide bonds. The van der Waals surface area contributed by atoms with Crippen molar-refractivity contribution in [3.05, 3.63) is 120 Å². The smallest absolute Gasteiger partial charge is 0.118 e. The molecule has 3 heteroatoms. The van der Waals surface area contributed by atoms with E-state index in [1.165, 1.54) is 70.6 Å². The molecule has 0 aromatic heterocycles. The summed E-state index contributed by atoms with van der Waals surface area (Å²) in [4.78, 5) is 0. The predicted octanol–water partition coefficient (Wildman–Crippen LogP) is 11.1. The average molecular weight is 641 g/mol. The second-order valence-electron chi connectivity index (χ2n) is 13.7. The second kappa shape index (κ2) is 22.0. The van der Waals surface area contributed by atoms with E-state index in [4.69, 9.17) is 0 Å². The number of rotatable bonds is 26. The van der Waals surface area contributed by atoms with Crippen LogP contribution in [-0.2, 0) is 5.41 Å². The van der Waals surface area contributed by atoms with E-state index in [0.29, 0.717) is 19.3 Å². The molecular formula is C44H64O3. The fourth-order valence-electron chi connectivity index (χ4n) is 7.42. The topological polar surface area (TPSA) is 60.7 Å². The molecule has 47 heavy (non-hydrogen) atoms. The summed E-state index contributed by atoms with van der Waals surface area (Å²) in [6, 6.07) is 30.0. The third kappa shape index (κ3) is 11.4. The minimum absolute atomic E-state index is 0.302. The van der Waals surface area contributed by atoms with Gasteiger partial charge in [-0.3, -0.25) is 0 Å². The van der Waals surface area contributed by atoms with Gasteiger partial charge in [-0.25, -0.2) is 0 Å². The molecule has 0 aliphatic carbocycles. The summed E-state index contributed by atoms with van der Waals surface area (Å²) < 4.78 is 0. The molecule has 3 aromatic rings. The SMILES string of the molecule is C=CCCCCC(O)(C(O)CCCCCCCCCCCCCCCC)C(O)C(c1ccccc1)(c1ccccc1)c1ccccc1. The molecule has 258 valence electrons. The van der Waals surface area contributed by atoms with Gasteiger partial charge in [-0.1, -0.05) is 200 Å². The Kier molecular flexibility index (Phi) is 18.1. The minimum Gasteiger partial charge on any atom is -0.390 e. The van der Waals surface area contributed by atoms with Gasteiger partial charge in [0.25, 0.3) is 0 Å². The van der Waals surface area contributed by atoms with E-state index in [1.807, 2.05) is 97.1 Å².